The Kier molecular flexibility index (Phi) is 4.98. The van der Waals surface area contributed by atoms with Gasteiger partial charge in [-0.2, -0.15) is 5.10 Å². The second-order valence-corrected chi connectivity index (χ2v) is 4.17. The van der Waals surface area contributed by atoms with Crippen molar-refractivity contribution in [1.29, 1.82) is 0 Å². The Balaban J connectivity index is 1.80. The maximum absolute atomic E-state index is 11.6. The molecule has 0 fully saturated rings. The van der Waals surface area contributed by atoms with E-state index in [2.05, 4.69) is 10.5 Å². The molecule has 0 atom stereocenters. The second-order valence-electron chi connectivity index (χ2n) is 4.17. The number of hydrogen-bond donors (Lipinski definition) is 1. The predicted octanol–water partition coefficient (Wildman–Crippen LogP) is 2.21. The number of nitrogens with one attached hydrogen (secondary N) is 1. The van der Waals surface area contributed by atoms with Crippen molar-refractivity contribution in [2.24, 2.45) is 5.10 Å². The van der Waals surface area contributed by atoms with Crippen LogP contribution in [0, 0.1) is 0 Å². The summed E-state index contributed by atoms with van der Waals surface area (Å²) in [4.78, 5) is 11.6. The van der Waals surface area contributed by atoms with Crippen LogP contribution in [0.1, 0.15) is 12.7 Å². The highest BCUT2D eigenvalue weighted by molar-refractivity contribution is 5.96. The van der Waals surface area contributed by atoms with E-state index in [0.29, 0.717) is 17.2 Å². The topological polar surface area (TPSA) is 73.1 Å². The molecule has 0 unspecified atom stereocenters. The van der Waals surface area contributed by atoms with Crippen LogP contribution in [-0.4, -0.2) is 25.3 Å². The fourth-order valence-electron chi connectivity index (χ4n) is 1.54. The van der Waals surface area contributed by atoms with Crippen LogP contribution < -0.4 is 14.9 Å². The van der Waals surface area contributed by atoms with E-state index in [1.54, 1.807) is 56.7 Å². The van der Waals surface area contributed by atoms with Crippen molar-refractivity contribution >= 4 is 11.6 Å². The van der Waals surface area contributed by atoms with Crippen LogP contribution >= 0.6 is 0 Å². The first-order valence-corrected chi connectivity index (χ1v) is 6.33. The molecular weight excluding hydrogens is 272 g/mol. The predicted molar refractivity (Wildman–Crippen MR) is 77.6 cm³/mol. The molecular formula is C15H16N2O4. The van der Waals surface area contributed by atoms with Gasteiger partial charge in [-0.05, 0) is 43.3 Å². The van der Waals surface area contributed by atoms with Gasteiger partial charge in [-0.15, -0.1) is 0 Å². The summed E-state index contributed by atoms with van der Waals surface area (Å²) in [6.07, 6.45) is 1.54. The fraction of sp³-hybridized carbons (Fsp3) is 0.200. The molecule has 0 saturated heterocycles. The Hall–Kier alpha value is -2.76. The molecule has 1 amide bonds. The summed E-state index contributed by atoms with van der Waals surface area (Å²) in [5.41, 5.74) is 2.98. The molecule has 1 heterocycles. The van der Waals surface area contributed by atoms with Crippen LogP contribution in [0.3, 0.4) is 0 Å². The summed E-state index contributed by atoms with van der Waals surface area (Å²) in [6, 6.07) is 10.5. The van der Waals surface area contributed by atoms with Crippen molar-refractivity contribution in [3.05, 3.63) is 48.4 Å². The van der Waals surface area contributed by atoms with E-state index in [0.717, 1.165) is 5.75 Å². The summed E-state index contributed by atoms with van der Waals surface area (Å²) in [5, 5.41) is 3.93. The molecule has 2 rings (SSSR count). The molecule has 0 bridgehead atoms. The lowest BCUT2D eigenvalue weighted by Gasteiger charge is -2.06. The normalized spacial score (nSPS) is 11.0. The number of furan rings is 1. The van der Waals surface area contributed by atoms with Gasteiger partial charge in [0.25, 0.3) is 5.91 Å². The lowest BCUT2D eigenvalue weighted by atomic mass is 10.3. The van der Waals surface area contributed by atoms with Crippen molar-refractivity contribution < 1.29 is 18.7 Å². The van der Waals surface area contributed by atoms with Crippen molar-refractivity contribution in [3.8, 4) is 11.5 Å². The van der Waals surface area contributed by atoms with Gasteiger partial charge in [-0.3, -0.25) is 4.79 Å². The third-order valence-electron chi connectivity index (χ3n) is 2.66. The van der Waals surface area contributed by atoms with E-state index in [-0.39, 0.29) is 12.5 Å². The minimum atomic E-state index is -0.350. The number of amides is 1. The van der Waals surface area contributed by atoms with Gasteiger partial charge in [0.05, 0.1) is 13.4 Å². The number of hydrogen-bond acceptors (Lipinski definition) is 5. The number of methoxy groups -OCH3 is 1. The molecule has 110 valence electrons. The average Bonchev–Trinajstić information content (AvgIpc) is 3.05. The largest absolute Gasteiger partial charge is 0.497 e. The van der Waals surface area contributed by atoms with E-state index in [4.69, 9.17) is 13.9 Å². The molecule has 6 nitrogen and oxygen atoms in total. The van der Waals surface area contributed by atoms with Crippen LogP contribution in [0.5, 0.6) is 11.5 Å². The number of carbonyl (C=O) groups excluding carboxylic acids is 1. The van der Waals surface area contributed by atoms with Crippen LogP contribution in [0.25, 0.3) is 0 Å². The number of nitrogens with zero attached hydrogens (tertiary/aromatic N) is 1. The zero-order valence-corrected chi connectivity index (χ0v) is 11.8. The van der Waals surface area contributed by atoms with Gasteiger partial charge in [0, 0.05) is 0 Å². The zero-order chi connectivity index (χ0) is 15.1. The zero-order valence-electron chi connectivity index (χ0n) is 11.8. The van der Waals surface area contributed by atoms with Crippen molar-refractivity contribution in [3.63, 3.8) is 0 Å². The quantitative estimate of drug-likeness (QED) is 0.653. The molecule has 1 N–H and O–H groups in total. The summed E-state index contributed by atoms with van der Waals surface area (Å²) < 4.78 is 15.5. The molecule has 1 aromatic heterocycles. The molecule has 2 aromatic rings. The molecule has 0 radical (unpaired) electrons. The SMILES string of the molecule is COc1ccc(OCC(=O)N/N=C(/C)c2ccco2)cc1. The third kappa shape index (κ3) is 4.38. The lowest BCUT2D eigenvalue weighted by Crippen LogP contribution is -2.25. The smallest absolute Gasteiger partial charge is 0.277 e. The number of carbonyl (C=O) groups is 1. The fourth-order valence-corrected chi connectivity index (χ4v) is 1.54. The van der Waals surface area contributed by atoms with Crippen molar-refractivity contribution in [1.82, 2.24) is 5.43 Å². The van der Waals surface area contributed by atoms with Crippen LogP contribution in [0.15, 0.2) is 52.2 Å². The molecule has 21 heavy (non-hydrogen) atoms. The van der Waals surface area contributed by atoms with E-state index in [9.17, 15) is 4.79 Å². The van der Waals surface area contributed by atoms with Gasteiger partial charge < -0.3 is 13.9 Å². The van der Waals surface area contributed by atoms with Crippen molar-refractivity contribution in [2.45, 2.75) is 6.92 Å². The van der Waals surface area contributed by atoms with Gasteiger partial charge in [0.2, 0.25) is 0 Å². The molecule has 6 heteroatoms. The molecule has 0 saturated carbocycles. The Bertz CT molecular complexity index is 603. The molecule has 0 aliphatic rings. The summed E-state index contributed by atoms with van der Waals surface area (Å²) >= 11 is 0. The number of benzene rings is 1. The van der Waals surface area contributed by atoms with Gasteiger partial charge in [0.15, 0.2) is 6.61 Å². The molecule has 0 spiro atoms. The highest BCUT2D eigenvalue weighted by atomic mass is 16.5. The number of ether oxygens (including phenoxy) is 2. The highest BCUT2D eigenvalue weighted by Gasteiger charge is 2.04. The highest BCUT2D eigenvalue weighted by Crippen LogP contribution is 2.16. The maximum Gasteiger partial charge on any atom is 0.277 e. The maximum atomic E-state index is 11.6. The van der Waals surface area contributed by atoms with E-state index in [1.165, 1.54) is 0 Å². The van der Waals surface area contributed by atoms with Gasteiger partial charge >= 0.3 is 0 Å². The van der Waals surface area contributed by atoms with E-state index < -0.39 is 0 Å². The first-order valence-electron chi connectivity index (χ1n) is 6.33. The van der Waals surface area contributed by atoms with Gasteiger partial charge in [-0.1, -0.05) is 0 Å². The van der Waals surface area contributed by atoms with Gasteiger partial charge in [-0.25, -0.2) is 5.43 Å². The summed E-state index contributed by atoms with van der Waals surface area (Å²) in [7, 11) is 1.59. The lowest BCUT2D eigenvalue weighted by molar-refractivity contribution is -0.123. The molecule has 1 aromatic carbocycles. The van der Waals surface area contributed by atoms with Crippen LogP contribution in [0.2, 0.25) is 0 Å². The molecule has 0 aliphatic carbocycles. The Morgan fingerprint density at radius 3 is 2.57 bits per heavy atom. The van der Waals surface area contributed by atoms with Gasteiger partial charge in [0.1, 0.15) is 23.0 Å². The third-order valence-corrected chi connectivity index (χ3v) is 2.66. The summed E-state index contributed by atoms with van der Waals surface area (Å²) in [6.45, 7) is 1.62. The second kappa shape index (κ2) is 7.14. The first kappa shape index (κ1) is 14.6. The van der Waals surface area contributed by atoms with E-state index >= 15 is 0 Å². The first-order chi connectivity index (χ1) is 10.2. The van der Waals surface area contributed by atoms with Crippen molar-refractivity contribution in [2.75, 3.05) is 13.7 Å². The Morgan fingerprint density at radius 1 is 1.24 bits per heavy atom. The number of hydrazone groups is 1. The molecule has 0 aliphatic heterocycles. The minimum Gasteiger partial charge on any atom is -0.497 e. The minimum absolute atomic E-state index is 0.124. The van der Waals surface area contributed by atoms with Crippen LogP contribution in [-0.2, 0) is 4.79 Å². The Labute approximate surface area is 122 Å². The monoisotopic (exact) mass is 288 g/mol. The average molecular weight is 288 g/mol. The standard InChI is InChI=1S/C15H16N2O4/c1-11(14-4-3-9-20-14)16-17-15(18)10-21-13-7-5-12(19-2)6-8-13/h3-9H,10H2,1-2H3,(H,17,18)/b16-11-. The Morgan fingerprint density at radius 2 is 1.95 bits per heavy atom. The van der Waals surface area contributed by atoms with E-state index in [1.807, 2.05) is 0 Å². The van der Waals surface area contributed by atoms with Crippen LogP contribution in [0.4, 0.5) is 0 Å². The number of rotatable bonds is 6. The summed E-state index contributed by atoms with van der Waals surface area (Å²) in [5.74, 6) is 1.56.